The molecule has 0 bridgehead atoms. The number of carbonyl (C=O) groups is 3. The first-order valence-electron chi connectivity index (χ1n) is 9.35. The normalized spacial score (nSPS) is 10.2. The number of aromatic nitrogens is 2. The van der Waals surface area contributed by atoms with Crippen molar-refractivity contribution in [3.63, 3.8) is 0 Å². The lowest BCUT2D eigenvalue weighted by Gasteiger charge is -2.02. The van der Waals surface area contributed by atoms with E-state index in [2.05, 4.69) is 19.4 Å². The first-order chi connectivity index (χ1) is 14.9. The maximum Gasteiger partial charge on any atom is 0.337 e. The van der Waals surface area contributed by atoms with E-state index < -0.39 is 0 Å². The van der Waals surface area contributed by atoms with Gasteiger partial charge in [0.25, 0.3) is 0 Å². The number of hydrogen-bond donors (Lipinski definition) is 0. The molecule has 2 heterocycles. The van der Waals surface area contributed by atoms with Gasteiger partial charge >= 0.3 is 11.9 Å². The fourth-order valence-corrected chi connectivity index (χ4v) is 2.92. The third kappa shape index (κ3) is 5.08. The second kappa shape index (κ2) is 9.58. The van der Waals surface area contributed by atoms with Crippen molar-refractivity contribution < 1.29 is 23.9 Å². The summed E-state index contributed by atoms with van der Waals surface area (Å²) in [5, 5.41) is 1.75. The van der Waals surface area contributed by atoms with Gasteiger partial charge in [-0.2, -0.15) is 0 Å². The molecule has 7 heteroatoms. The summed E-state index contributed by atoms with van der Waals surface area (Å²) >= 11 is 0. The lowest BCUT2D eigenvalue weighted by molar-refractivity contribution is 0.0592. The van der Waals surface area contributed by atoms with Crippen molar-refractivity contribution in [3.05, 3.63) is 83.2 Å². The Kier molecular flexibility index (Phi) is 6.67. The highest BCUT2D eigenvalue weighted by molar-refractivity contribution is 5.95. The fourth-order valence-electron chi connectivity index (χ4n) is 2.92. The smallest absolute Gasteiger partial charge is 0.337 e. The quantitative estimate of drug-likeness (QED) is 0.365. The Bertz CT molecular complexity index is 1280. The summed E-state index contributed by atoms with van der Waals surface area (Å²) < 4.78 is 9.26. The van der Waals surface area contributed by atoms with E-state index in [9.17, 15) is 14.4 Å². The van der Waals surface area contributed by atoms with Crippen molar-refractivity contribution in [3.8, 4) is 0 Å². The van der Waals surface area contributed by atoms with Crippen molar-refractivity contribution in [1.29, 1.82) is 0 Å². The molecule has 0 atom stereocenters. The van der Waals surface area contributed by atoms with E-state index in [0.29, 0.717) is 28.6 Å². The minimum absolute atomic E-state index is 0.322. The lowest BCUT2D eigenvalue weighted by atomic mass is 10.1. The second-order valence-electron chi connectivity index (χ2n) is 6.60. The summed E-state index contributed by atoms with van der Waals surface area (Å²) in [5.41, 5.74) is 3.93. The number of esters is 2. The van der Waals surface area contributed by atoms with Crippen molar-refractivity contribution in [1.82, 2.24) is 9.97 Å². The Labute approximate surface area is 178 Å². The molecule has 0 saturated heterocycles. The Balaban J connectivity index is 0.000000176. The van der Waals surface area contributed by atoms with Crippen LogP contribution in [0.2, 0.25) is 0 Å². The van der Waals surface area contributed by atoms with Crippen LogP contribution in [0, 0.1) is 6.92 Å². The minimum atomic E-state index is -0.388. The average Bonchev–Trinajstić information content (AvgIpc) is 2.82. The summed E-state index contributed by atoms with van der Waals surface area (Å²) in [6, 6.07) is 17.6. The zero-order valence-electron chi connectivity index (χ0n) is 17.3. The standard InChI is InChI=1S/C12H9NO3.C12H11NO2/c1-16-12(15)9-3-5-11-8(6-9)2-4-10(7-14)13-11;1-8-3-4-9-7-10(12(14)15-2)5-6-11(9)13-8/h2-7H,1H3;3-7H,1-2H3. The molecule has 0 N–H and O–H groups in total. The summed E-state index contributed by atoms with van der Waals surface area (Å²) in [6.07, 6.45) is 0.688. The number of pyridine rings is 2. The Morgan fingerprint density at radius 3 is 1.77 bits per heavy atom. The van der Waals surface area contributed by atoms with Crippen molar-refractivity contribution in [2.24, 2.45) is 0 Å². The molecule has 0 fully saturated rings. The van der Waals surface area contributed by atoms with E-state index >= 15 is 0 Å². The van der Waals surface area contributed by atoms with Crippen LogP contribution in [0.15, 0.2) is 60.7 Å². The molecule has 0 saturated carbocycles. The third-order valence-corrected chi connectivity index (χ3v) is 4.50. The number of carbonyl (C=O) groups excluding carboxylic acids is 3. The van der Waals surface area contributed by atoms with Crippen LogP contribution in [-0.4, -0.2) is 42.4 Å². The molecule has 0 spiro atoms. The number of benzene rings is 2. The van der Waals surface area contributed by atoms with Gasteiger partial charge in [0.1, 0.15) is 5.69 Å². The van der Waals surface area contributed by atoms with E-state index in [1.54, 1.807) is 42.5 Å². The number of methoxy groups -OCH3 is 2. The molecule has 2 aromatic heterocycles. The fraction of sp³-hybridized carbons (Fsp3) is 0.125. The van der Waals surface area contributed by atoms with E-state index in [4.69, 9.17) is 0 Å². The van der Waals surface area contributed by atoms with Crippen LogP contribution in [0.1, 0.15) is 36.9 Å². The van der Waals surface area contributed by atoms with E-state index in [0.717, 1.165) is 22.0 Å². The first-order valence-corrected chi connectivity index (χ1v) is 9.35. The molecular formula is C24H20N2O5. The molecule has 0 aliphatic rings. The molecule has 0 aliphatic carbocycles. The number of nitrogens with zero attached hydrogens (tertiary/aromatic N) is 2. The maximum absolute atomic E-state index is 11.3. The monoisotopic (exact) mass is 416 g/mol. The Hall–Kier alpha value is -4.13. The van der Waals surface area contributed by atoms with E-state index in [1.807, 2.05) is 25.1 Å². The minimum Gasteiger partial charge on any atom is -0.465 e. The number of aryl methyl sites for hydroxylation is 1. The van der Waals surface area contributed by atoms with Gasteiger partial charge in [0, 0.05) is 16.5 Å². The third-order valence-electron chi connectivity index (χ3n) is 4.50. The highest BCUT2D eigenvalue weighted by Crippen LogP contribution is 2.16. The van der Waals surface area contributed by atoms with Gasteiger partial charge in [-0.05, 0) is 55.5 Å². The van der Waals surface area contributed by atoms with Crippen molar-refractivity contribution in [2.75, 3.05) is 14.2 Å². The second-order valence-corrected chi connectivity index (χ2v) is 6.60. The molecule has 31 heavy (non-hydrogen) atoms. The van der Waals surface area contributed by atoms with Gasteiger partial charge in [-0.1, -0.05) is 12.1 Å². The highest BCUT2D eigenvalue weighted by atomic mass is 16.5. The summed E-state index contributed by atoms with van der Waals surface area (Å²) in [7, 11) is 2.71. The molecule has 0 amide bonds. The summed E-state index contributed by atoms with van der Waals surface area (Å²) in [5.74, 6) is -0.709. The van der Waals surface area contributed by atoms with Crippen LogP contribution in [0.25, 0.3) is 21.8 Å². The van der Waals surface area contributed by atoms with E-state index in [-0.39, 0.29) is 11.9 Å². The van der Waals surface area contributed by atoms with Gasteiger partial charge in [0.15, 0.2) is 6.29 Å². The van der Waals surface area contributed by atoms with Crippen LogP contribution in [0.4, 0.5) is 0 Å². The number of fused-ring (bicyclic) bond motifs is 2. The van der Waals surface area contributed by atoms with E-state index in [1.165, 1.54) is 14.2 Å². The number of ether oxygens (including phenoxy) is 2. The molecule has 7 nitrogen and oxygen atoms in total. The zero-order chi connectivity index (χ0) is 22.4. The first kappa shape index (κ1) is 21.6. The molecule has 4 rings (SSSR count). The van der Waals surface area contributed by atoms with Gasteiger partial charge in [0.05, 0.1) is 36.4 Å². The Morgan fingerprint density at radius 2 is 1.26 bits per heavy atom. The van der Waals surface area contributed by atoms with Gasteiger partial charge < -0.3 is 9.47 Å². The van der Waals surface area contributed by atoms with Crippen molar-refractivity contribution in [2.45, 2.75) is 6.92 Å². The van der Waals surface area contributed by atoms with Gasteiger partial charge in [-0.15, -0.1) is 0 Å². The maximum atomic E-state index is 11.3. The molecule has 0 aliphatic heterocycles. The zero-order valence-corrected chi connectivity index (χ0v) is 17.3. The summed E-state index contributed by atoms with van der Waals surface area (Å²) in [4.78, 5) is 41.5. The number of rotatable bonds is 3. The largest absolute Gasteiger partial charge is 0.465 e. The lowest BCUT2D eigenvalue weighted by Crippen LogP contribution is -2.00. The predicted octanol–water partition coefficient (Wildman–Crippen LogP) is 4.16. The molecule has 156 valence electrons. The SMILES string of the molecule is COC(=O)c1ccc2nc(C)ccc2c1.COC(=O)c1ccc2nc(C=O)ccc2c1. The molecule has 0 radical (unpaired) electrons. The van der Waals surface area contributed by atoms with Crippen LogP contribution >= 0.6 is 0 Å². The number of hydrogen-bond acceptors (Lipinski definition) is 7. The van der Waals surface area contributed by atoms with Gasteiger partial charge in [-0.25, -0.2) is 14.6 Å². The highest BCUT2D eigenvalue weighted by Gasteiger charge is 2.07. The molecular weight excluding hydrogens is 396 g/mol. The number of aldehydes is 1. The van der Waals surface area contributed by atoms with Crippen LogP contribution < -0.4 is 0 Å². The Morgan fingerprint density at radius 1 is 0.742 bits per heavy atom. The van der Waals surface area contributed by atoms with Gasteiger partial charge in [-0.3, -0.25) is 9.78 Å². The summed E-state index contributed by atoms with van der Waals surface area (Å²) in [6.45, 7) is 1.94. The predicted molar refractivity (Wildman–Crippen MR) is 116 cm³/mol. The van der Waals surface area contributed by atoms with Gasteiger partial charge in [0.2, 0.25) is 0 Å². The molecule has 0 unspecified atom stereocenters. The van der Waals surface area contributed by atoms with Crippen LogP contribution in [-0.2, 0) is 9.47 Å². The molecule has 4 aromatic rings. The molecule has 2 aromatic carbocycles. The van der Waals surface area contributed by atoms with Crippen LogP contribution in [0.3, 0.4) is 0 Å². The van der Waals surface area contributed by atoms with Crippen LogP contribution in [0.5, 0.6) is 0 Å². The topological polar surface area (TPSA) is 95.5 Å². The van der Waals surface area contributed by atoms with Crippen molar-refractivity contribution >= 4 is 40.0 Å². The average molecular weight is 416 g/mol.